The number of benzene rings is 1. The number of carbonyl (C=O) groups is 1. The quantitative estimate of drug-likeness (QED) is 0.857. The van der Waals surface area contributed by atoms with Crippen molar-refractivity contribution in [3.05, 3.63) is 35.9 Å². The van der Waals surface area contributed by atoms with E-state index >= 15 is 0 Å². The predicted octanol–water partition coefficient (Wildman–Crippen LogP) is 3.00. The first-order valence-corrected chi connectivity index (χ1v) is 6.98. The zero-order valence-corrected chi connectivity index (χ0v) is 12.3. The molecule has 1 N–H and O–H groups in total. The average molecular weight is 263 g/mol. The molecule has 1 amide bonds. The molecule has 0 heterocycles. The fourth-order valence-corrected chi connectivity index (χ4v) is 2.25. The highest BCUT2D eigenvalue weighted by Gasteiger charge is 2.26. The lowest BCUT2D eigenvalue weighted by molar-refractivity contribution is -0.138. The Bertz CT molecular complexity index is 391. The van der Waals surface area contributed by atoms with E-state index in [-0.39, 0.29) is 17.9 Å². The van der Waals surface area contributed by atoms with Gasteiger partial charge in [0.1, 0.15) is 0 Å². The van der Waals surface area contributed by atoms with E-state index in [0.717, 1.165) is 18.4 Å². The van der Waals surface area contributed by atoms with Crippen molar-refractivity contribution < 1.29 is 9.90 Å². The van der Waals surface area contributed by atoms with E-state index in [1.807, 2.05) is 44.2 Å². The molecule has 0 fully saturated rings. The van der Waals surface area contributed by atoms with Crippen LogP contribution in [0.15, 0.2) is 30.3 Å². The maximum atomic E-state index is 12.2. The molecule has 106 valence electrons. The minimum absolute atomic E-state index is 0.0143. The van der Waals surface area contributed by atoms with Gasteiger partial charge in [0.05, 0.1) is 12.1 Å². The summed E-state index contributed by atoms with van der Waals surface area (Å²) in [6.45, 7) is 5.91. The number of nitrogens with zero attached hydrogens (tertiary/aromatic N) is 1. The number of aliphatic hydroxyl groups is 1. The summed E-state index contributed by atoms with van der Waals surface area (Å²) in [5.41, 5.74) is 0.845. The summed E-state index contributed by atoms with van der Waals surface area (Å²) in [5, 5.41) is 10.3. The molecule has 0 aliphatic heterocycles. The van der Waals surface area contributed by atoms with E-state index < -0.39 is 6.10 Å². The molecule has 0 aliphatic rings. The second kappa shape index (κ2) is 7.29. The van der Waals surface area contributed by atoms with Crippen LogP contribution in [0.1, 0.15) is 45.3 Å². The molecule has 0 radical (unpaired) electrons. The Morgan fingerprint density at radius 2 is 1.84 bits per heavy atom. The van der Waals surface area contributed by atoms with Crippen LogP contribution in [0.4, 0.5) is 0 Å². The average Bonchev–Trinajstić information content (AvgIpc) is 2.45. The zero-order valence-electron chi connectivity index (χ0n) is 12.3. The largest absolute Gasteiger partial charge is 0.386 e. The lowest BCUT2D eigenvalue weighted by Gasteiger charge is -2.31. The SMILES string of the molecule is CCCC(C)C(=O)N(C)C(C)C(O)c1ccccc1. The molecule has 0 saturated heterocycles. The van der Waals surface area contributed by atoms with E-state index in [0.29, 0.717) is 0 Å². The Morgan fingerprint density at radius 1 is 1.26 bits per heavy atom. The highest BCUT2D eigenvalue weighted by Crippen LogP contribution is 2.21. The van der Waals surface area contributed by atoms with Crippen molar-refractivity contribution >= 4 is 5.91 Å². The van der Waals surface area contributed by atoms with Crippen LogP contribution in [-0.2, 0) is 4.79 Å². The van der Waals surface area contributed by atoms with Gasteiger partial charge in [0.25, 0.3) is 0 Å². The van der Waals surface area contributed by atoms with Crippen LogP contribution in [0.3, 0.4) is 0 Å². The molecule has 3 heteroatoms. The third-order valence-corrected chi connectivity index (χ3v) is 3.70. The van der Waals surface area contributed by atoms with Gasteiger partial charge in [0, 0.05) is 13.0 Å². The molecule has 1 rings (SSSR count). The number of hydrogen-bond acceptors (Lipinski definition) is 2. The summed E-state index contributed by atoms with van der Waals surface area (Å²) in [5.74, 6) is 0.116. The van der Waals surface area contributed by atoms with Crippen LogP contribution in [0.25, 0.3) is 0 Å². The predicted molar refractivity (Wildman–Crippen MR) is 77.7 cm³/mol. The number of amides is 1. The van der Waals surface area contributed by atoms with Gasteiger partial charge in [-0.1, -0.05) is 50.6 Å². The van der Waals surface area contributed by atoms with E-state index in [9.17, 15) is 9.90 Å². The Labute approximate surface area is 116 Å². The highest BCUT2D eigenvalue weighted by molar-refractivity contribution is 5.78. The van der Waals surface area contributed by atoms with Gasteiger partial charge in [-0.15, -0.1) is 0 Å². The van der Waals surface area contributed by atoms with Gasteiger partial charge in [0.2, 0.25) is 5.91 Å². The third-order valence-electron chi connectivity index (χ3n) is 3.70. The minimum atomic E-state index is -0.649. The number of rotatable bonds is 6. The van der Waals surface area contributed by atoms with Crippen LogP contribution in [-0.4, -0.2) is 29.0 Å². The maximum Gasteiger partial charge on any atom is 0.225 e. The topological polar surface area (TPSA) is 40.5 Å². The van der Waals surface area contributed by atoms with E-state index in [2.05, 4.69) is 6.92 Å². The number of carbonyl (C=O) groups excluding carboxylic acids is 1. The number of likely N-dealkylation sites (N-methyl/N-ethyl adjacent to an activating group) is 1. The molecule has 0 spiro atoms. The molecule has 1 aromatic rings. The molecule has 0 aliphatic carbocycles. The van der Waals surface area contributed by atoms with E-state index in [1.165, 1.54) is 0 Å². The van der Waals surface area contributed by atoms with Crippen LogP contribution in [0, 0.1) is 5.92 Å². The summed E-state index contributed by atoms with van der Waals surface area (Å²) < 4.78 is 0. The summed E-state index contributed by atoms with van der Waals surface area (Å²) >= 11 is 0. The molecular weight excluding hydrogens is 238 g/mol. The van der Waals surface area contributed by atoms with Gasteiger partial charge in [0.15, 0.2) is 0 Å². The van der Waals surface area contributed by atoms with E-state index in [4.69, 9.17) is 0 Å². The monoisotopic (exact) mass is 263 g/mol. The summed E-state index contributed by atoms with van der Waals surface area (Å²) in [6.07, 6.45) is 1.23. The molecule has 19 heavy (non-hydrogen) atoms. The van der Waals surface area contributed by atoms with Gasteiger partial charge in [-0.3, -0.25) is 4.79 Å². The Kier molecular flexibility index (Phi) is 6.03. The van der Waals surface area contributed by atoms with Gasteiger partial charge < -0.3 is 10.0 Å². The molecule has 3 atom stereocenters. The molecular formula is C16H25NO2. The molecule has 1 aromatic carbocycles. The fourth-order valence-electron chi connectivity index (χ4n) is 2.25. The third kappa shape index (κ3) is 4.06. The number of aliphatic hydroxyl groups excluding tert-OH is 1. The van der Waals surface area contributed by atoms with Gasteiger partial charge in [-0.25, -0.2) is 0 Å². The maximum absolute atomic E-state index is 12.2. The highest BCUT2D eigenvalue weighted by atomic mass is 16.3. The number of hydrogen-bond donors (Lipinski definition) is 1. The normalized spacial score (nSPS) is 15.6. The van der Waals surface area contributed by atoms with Crippen molar-refractivity contribution in [3.8, 4) is 0 Å². The van der Waals surface area contributed by atoms with Crippen LogP contribution in [0.5, 0.6) is 0 Å². The Balaban J connectivity index is 2.71. The van der Waals surface area contributed by atoms with Gasteiger partial charge >= 0.3 is 0 Å². The van der Waals surface area contributed by atoms with Crippen molar-refractivity contribution in [1.82, 2.24) is 4.90 Å². The fraction of sp³-hybridized carbons (Fsp3) is 0.562. The lowest BCUT2D eigenvalue weighted by atomic mass is 9.99. The smallest absolute Gasteiger partial charge is 0.225 e. The van der Waals surface area contributed by atoms with Crippen molar-refractivity contribution in [2.75, 3.05) is 7.05 Å². The minimum Gasteiger partial charge on any atom is -0.386 e. The summed E-state index contributed by atoms with van der Waals surface area (Å²) in [7, 11) is 1.77. The second-order valence-electron chi connectivity index (χ2n) is 5.23. The zero-order chi connectivity index (χ0) is 14.4. The molecule has 3 nitrogen and oxygen atoms in total. The Morgan fingerprint density at radius 3 is 2.37 bits per heavy atom. The Hall–Kier alpha value is -1.35. The van der Waals surface area contributed by atoms with Gasteiger partial charge in [-0.05, 0) is 18.9 Å². The second-order valence-corrected chi connectivity index (χ2v) is 5.23. The van der Waals surface area contributed by atoms with Crippen molar-refractivity contribution in [3.63, 3.8) is 0 Å². The first-order valence-electron chi connectivity index (χ1n) is 6.98. The van der Waals surface area contributed by atoms with E-state index in [1.54, 1.807) is 11.9 Å². The van der Waals surface area contributed by atoms with Gasteiger partial charge in [-0.2, -0.15) is 0 Å². The van der Waals surface area contributed by atoms with Crippen LogP contribution >= 0.6 is 0 Å². The standard InChI is InChI=1S/C16H25NO2/c1-5-9-12(2)16(19)17(4)13(3)15(18)14-10-7-6-8-11-14/h6-8,10-13,15,18H,5,9H2,1-4H3. The molecule has 0 saturated carbocycles. The van der Waals surface area contributed by atoms with Crippen LogP contribution < -0.4 is 0 Å². The van der Waals surface area contributed by atoms with Crippen molar-refractivity contribution in [2.24, 2.45) is 5.92 Å². The van der Waals surface area contributed by atoms with Crippen molar-refractivity contribution in [2.45, 2.75) is 45.8 Å². The molecule has 0 aromatic heterocycles. The first kappa shape index (κ1) is 15.7. The van der Waals surface area contributed by atoms with Crippen LogP contribution in [0.2, 0.25) is 0 Å². The summed E-state index contributed by atoms with van der Waals surface area (Å²) in [4.78, 5) is 13.9. The molecule has 3 unspecified atom stereocenters. The molecule has 0 bridgehead atoms. The first-order chi connectivity index (χ1) is 8.99. The lowest BCUT2D eigenvalue weighted by Crippen LogP contribution is -2.41. The summed E-state index contributed by atoms with van der Waals surface area (Å²) in [6, 6.07) is 9.25. The van der Waals surface area contributed by atoms with Crippen molar-refractivity contribution in [1.29, 1.82) is 0 Å².